The van der Waals surface area contributed by atoms with E-state index in [0.29, 0.717) is 5.71 Å². The Morgan fingerprint density at radius 3 is 2.30 bits per heavy atom. The minimum Gasteiger partial charge on any atom is -0.622 e. The molecule has 0 unspecified atom stereocenters. The molecule has 0 fully saturated rings. The molecule has 1 aliphatic heterocycles. The standard InChI is InChI=1S/C22H22N3O2/c1-21(2)20(24(26)22(3,4)25(21)27)15-13-18-10-8-17(9-11-18)12-14-19-7-5-6-16-23-19/h5-11,13,15-16H,1-4H3/b15-13+. The van der Waals surface area contributed by atoms with Gasteiger partial charge >= 0.3 is 0 Å². The number of nitrogens with zero attached hydrogens (tertiary/aromatic N) is 3. The van der Waals surface area contributed by atoms with Gasteiger partial charge in [-0.3, -0.25) is 0 Å². The van der Waals surface area contributed by atoms with Gasteiger partial charge in [-0.15, -0.1) is 5.21 Å². The zero-order valence-corrected chi connectivity index (χ0v) is 15.9. The Morgan fingerprint density at radius 2 is 1.74 bits per heavy atom. The lowest BCUT2D eigenvalue weighted by atomic mass is 9.97. The Labute approximate surface area is 159 Å². The van der Waals surface area contributed by atoms with Crippen LogP contribution in [0.5, 0.6) is 0 Å². The molecule has 1 aromatic carbocycles. The zero-order valence-electron chi connectivity index (χ0n) is 15.9. The van der Waals surface area contributed by atoms with Crippen molar-refractivity contribution in [1.82, 2.24) is 10.0 Å². The van der Waals surface area contributed by atoms with Gasteiger partial charge in [-0.1, -0.05) is 29.2 Å². The van der Waals surface area contributed by atoms with E-state index < -0.39 is 11.2 Å². The molecule has 0 amide bonds. The maximum atomic E-state index is 12.5. The fourth-order valence-corrected chi connectivity index (χ4v) is 3.11. The summed E-state index contributed by atoms with van der Waals surface area (Å²) >= 11 is 0. The minimum atomic E-state index is -1.12. The van der Waals surface area contributed by atoms with Crippen molar-refractivity contribution in [3.8, 4) is 11.8 Å². The van der Waals surface area contributed by atoms with Gasteiger partial charge in [0.25, 0.3) is 0 Å². The van der Waals surface area contributed by atoms with Gasteiger partial charge in [-0.25, -0.2) is 4.98 Å². The van der Waals surface area contributed by atoms with Crippen LogP contribution in [0.15, 0.2) is 54.7 Å². The maximum Gasteiger partial charge on any atom is 0.248 e. The van der Waals surface area contributed by atoms with Gasteiger partial charge in [-0.05, 0) is 55.7 Å². The lowest BCUT2D eigenvalue weighted by molar-refractivity contribution is -0.586. The summed E-state index contributed by atoms with van der Waals surface area (Å²) in [6, 6.07) is 13.3. The normalized spacial score (nSPS) is 18.6. The SMILES string of the molecule is CC1(C)C(/C=C/c2ccc(C#Cc3ccccn3)cc2)=[N+]([O-])C(C)(C)N1[O]. The van der Waals surface area contributed by atoms with Crippen LogP contribution in [0.1, 0.15) is 44.5 Å². The molecule has 1 aromatic heterocycles. The van der Waals surface area contributed by atoms with Gasteiger partial charge in [-0.2, -0.15) is 4.74 Å². The summed E-state index contributed by atoms with van der Waals surface area (Å²) in [4.78, 5) is 4.17. The predicted octanol–water partition coefficient (Wildman–Crippen LogP) is 3.62. The Kier molecular flexibility index (Phi) is 4.88. The highest BCUT2D eigenvalue weighted by Crippen LogP contribution is 2.33. The highest BCUT2D eigenvalue weighted by atomic mass is 16.6. The Balaban J connectivity index is 1.79. The monoisotopic (exact) mass is 360 g/mol. The van der Waals surface area contributed by atoms with Crippen LogP contribution in [-0.4, -0.2) is 31.7 Å². The average Bonchev–Trinajstić information content (AvgIpc) is 2.77. The van der Waals surface area contributed by atoms with Crippen LogP contribution in [0.3, 0.4) is 0 Å². The van der Waals surface area contributed by atoms with E-state index in [0.717, 1.165) is 26.6 Å². The molecule has 5 heteroatoms. The van der Waals surface area contributed by atoms with Gasteiger partial charge in [0.1, 0.15) is 11.2 Å². The van der Waals surface area contributed by atoms with Crippen LogP contribution in [0.2, 0.25) is 0 Å². The van der Waals surface area contributed by atoms with E-state index >= 15 is 0 Å². The van der Waals surface area contributed by atoms with E-state index in [4.69, 9.17) is 0 Å². The maximum absolute atomic E-state index is 12.5. The molecule has 0 saturated heterocycles. The highest BCUT2D eigenvalue weighted by Gasteiger charge is 2.56. The van der Waals surface area contributed by atoms with Crippen LogP contribution >= 0.6 is 0 Å². The lowest BCUT2D eigenvalue weighted by Crippen LogP contribution is -2.50. The van der Waals surface area contributed by atoms with Crippen LogP contribution in [0, 0.1) is 17.0 Å². The largest absolute Gasteiger partial charge is 0.622 e. The van der Waals surface area contributed by atoms with Crippen molar-refractivity contribution in [3.05, 3.63) is 76.8 Å². The summed E-state index contributed by atoms with van der Waals surface area (Å²) in [5.41, 5.74) is 0.980. The summed E-state index contributed by atoms with van der Waals surface area (Å²) in [6.07, 6.45) is 5.28. The molecule has 3 rings (SSSR count). The number of hydroxylamine groups is 3. The number of hydrogen-bond donors (Lipinski definition) is 0. The first-order valence-electron chi connectivity index (χ1n) is 8.76. The Morgan fingerprint density at radius 1 is 1.04 bits per heavy atom. The van der Waals surface area contributed by atoms with E-state index in [2.05, 4.69) is 16.8 Å². The zero-order chi connectivity index (χ0) is 19.7. The summed E-state index contributed by atoms with van der Waals surface area (Å²) in [7, 11) is 0. The molecule has 0 aliphatic carbocycles. The Bertz CT molecular complexity index is 947. The van der Waals surface area contributed by atoms with Crippen molar-refractivity contribution in [2.75, 3.05) is 0 Å². The number of pyridine rings is 1. The fourth-order valence-electron chi connectivity index (χ4n) is 3.11. The van der Waals surface area contributed by atoms with E-state index in [1.54, 1.807) is 40.0 Å². The van der Waals surface area contributed by atoms with Crippen molar-refractivity contribution in [3.63, 3.8) is 0 Å². The van der Waals surface area contributed by atoms with E-state index in [9.17, 15) is 10.4 Å². The van der Waals surface area contributed by atoms with E-state index in [1.165, 1.54) is 0 Å². The molecule has 0 bridgehead atoms. The van der Waals surface area contributed by atoms with E-state index in [1.807, 2.05) is 48.5 Å². The summed E-state index contributed by atoms with van der Waals surface area (Å²) in [6.45, 7) is 6.78. The molecule has 137 valence electrons. The van der Waals surface area contributed by atoms with Crippen molar-refractivity contribution in [2.24, 2.45) is 0 Å². The third-order valence-electron chi connectivity index (χ3n) is 4.69. The van der Waals surface area contributed by atoms with Crippen molar-refractivity contribution in [2.45, 2.75) is 38.9 Å². The van der Waals surface area contributed by atoms with Crippen molar-refractivity contribution >= 4 is 11.8 Å². The molecule has 27 heavy (non-hydrogen) atoms. The predicted molar refractivity (Wildman–Crippen MR) is 105 cm³/mol. The average molecular weight is 360 g/mol. The molecular weight excluding hydrogens is 338 g/mol. The van der Waals surface area contributed by atoms with Crippen molar-refractivity contribution in [1.29, 1.82) is 0 Å². The third-order valence-corrected chi connectivity index (χ3v) is 4.69. The molecule has 0 spiro atoms. The highest BCUT2D eigenvalue weighted by molar-refractivity contribution is 6.02. The molecule has 2 aromatic rings. The Hall–Kier alpha value is -2.94. The van der Waals surface area contributed by atoms with E-state index in [-0.39, 0.29) is 0 Å². The van der Waals surface area contributed by atoms with Gasteiger partial charge in [0.05, 0.1) is 0 Å². The molecule has 5 nitrogen and oxygen atoms in total. The van der Waals surface area contributed by atoms with Gasteiger partial charge in [0.2, 0.25) is 11.4 Å². The summed E-state index contributed by atoms with van der Waals surface area (Å²) < 4.78 is 0.795. The first kappa shape index (κ1) is 18.8. The minimum absolute atomic E-state index is 0.446. The first-order valence-corrected chi connectivity index (χ1v) is 8.76. The number of hydrogen-bond acceptors (Lipinski definition) is 3. The summed E-state index contributed by atoms with van der Waals surface area (Å²) in [5.74, 6) is 6.09. The molecule has 2 heterocycles. The number of rotatable bonds is 2. The van der Waals surface area contributed by atoms with Gasteiger partial charge in [0, 0.05) is 31.7 Å². The molecule has 1 aliphatic rings. The second-order valence-corrected chi connectivity index (χ2v) is 7.45. The van der Waals surface area contributed by atoms with Crippen LogP contribution < -0.4 is 0 Å². The smallest absolute Gasteiger partial charge is 0.248 e. The molecular formula is C22H22N3O2. The van der Waals surface area contributed by atoms with Crippen LogP contribution in [0.25, 0.3) is 6.08 Å². The second kappa shape index (κ2) is 6.99. The van der Waals surface area contributed by atoms with Gasteiger partial charge < -0.3 is 5.21 Å². The second-order valence-electron chi connectivity index (χ2n) is 7.45. The fraction of sp³-hybridized carbons (Fsp3) is 0.273. The molecule has 1 radical (unpaired) electrons. The third kappa shape index (κ3) is 3.63. The summed E-state index contributed by atoms with van der Waals surface area (Å²) in [5, 5.41) is 25.8. The topological polar surface area (TPSA) is 62.1 Å². The van der Waals surface area contributed by atoms with Crippen LogP contribution in [0.4, 0.5) is 0 Å². The number of benzene rings is 1. The van der Waals surface area contributed by atoms with Crippen LogP contribution in [-0.2, 0) is 5.21 Å². The van der Waals surface area contributed by atoms with Crippen molar-refractivity contribution < 1.29 is 9.95 Å². The number of aromatic nitrogens is 1. The molecule has 0 N–H and O–H groups in total. The first-order chi connectivity index (χ1) is 12.7. The van der Waals surface area contributed by atoms with Gasteiger partial charge in [0.15, 0.2) is 0 Å². The lowest BCUT2D eigenvalue weighted by Gasteiger charge is -2.27. The quantitative estimate of drug-likeness (QED) is 0.467. The molecule has 0 atom stereocenters. The molecule has 0 saturated carbocycles.